The fraction of sp³-hybridized carbons (Fsp3) is 0.357. The molecule has 0 aliphatic carbocycles. The predicted molar refractivity (Wildman–Crippen MR) is 137 cm³/mol. The van der Waals surface area contributed by atoms with Crippen LogP contribution in [0.15, 0.2) is 72.1 Å². The van der Waals surface area contributed by atoms with Gasteiger partial charge in [-0.15, -0.1) is 11.3 Å². The molecule has 4 heterocycles. The number of hydrogen-bond donors (Lipinski definition) is 1. The lowest BCUT2D eigenvalue weighted by Gasteiger charge is -2.51. The van der Waals surface area contributed by atoms with E-state index in [9.17, 15) is 14.0 Å². The number of nitrogens with zero attached hydrogens (tertiary/aromatic N) is 1. The van der Waals surface area contributed by atoms with Crippen molar-refractivity contribution in [3.63, 3.8) is 0 Å². The van der Waals surface area contributed by atoms with E-state index in [1.54, 1.807) is 12.1 Å². The quantitative estimate of drug-likeness (QED) is 0.266. The maximum Gasteiger partial charge on any atom is 0.303 e. The Kier molecular flexibility index (Phi) is 8.31. The molecule has 0 spiro atoms. The third-order valence-corrected chi connectivity index (χ3v) is 7.73. The molecule has 3 aromatic rings. The number of benzene rings is 2. The van der Waals surface area contributed by atoms with Crippen LogP contribution in [0.3, 0.4) is 0 Å². The van der Waals surface area contributed by atoms with Crippen molar-refractivity contribution in [3.8, 4) is 0 Å². The van der Waals surface area contributed by atoms with Gasteiger partial charge in [0.05, 0.1) is 18.0 Å². The van der Waals surface area contributed by atoms with E-state index in [1.807, 2.05) is 47.8 Å². The number of anilines is 1. The van der Waals surface area contributed by atoms with Gasteiger partial charge in [-0.25, -0.2) is 4.39 Å². The zero-order valence-corrected chi connectivity index (χ0v) is 20.8. The minimum absolute atomic E-state index is 0.00568. The molecule has 1 unspecified atom stereocenters. The Labute approximate surface area is 210 Å². The van der Waals surface area contributed by atoms with Crippen LogP contribution < -0.4 is 5.32 Å². The van der Waals surface area contributed by atoms with Gasteiger partial charge in [0, 0.05) is 37.9 Å². The molecule has 3 saturated heterocycles. The van der Waals surface area contributed by atoms with Crippen LogP contribution in [0.25, 0.3) is 0 Å². The number of piperidine rings is 3. The number of carbonyl (C=O) groups is 2. The molecule has 0 saturated carbocycles. The Hall–Kier alpha value is -3.03. The molecule has 7 heteroatoms. The zero-order valence-electron chi connectivity index (χ0n) is 20.0. The average molecular weight is 496 g/mol. The predicted octanol–water partition coefficient (Wildman–Crippen LogP) is 5.54. The first-order valence-corrected chi connectivity index (χ1v) is 12.9. The highest BCUT2D eigenvalue weighted by molar-refractivity contribution is 7.12. The van der Waals surface area contributed by atoms with Gasteiger partial charge in [-0.1, -0.05) is 36.4 Å². The topological polar surface area (TPSA) is 55.4 Å². The van der Waals surface area contributed by atoms with E-state index >= 15 is 0 Å². The highest BCUT2D eigenvalue weighted by Crippen LogP contribution is 2.36. The summed E-state index contributed by atoms with van der Waals surface area (Å²) in [4.78, 5) is 24.4. The Bertz CT molecular complexity index is 1100. The Balaban J connectivity index is 0.000000172. The first-order valence-electron chi connectivity index (χ1n) is 12.0. The first-order chi connectivity index (χ1) is 16.9. The molecule has 2 aromatic carbocycles. The molecule has 0 amide bonds. The molecule has 1 atom stereocenters. The smallest absolute Gasteiger partial charge is 0.303 e. The van der Waals surface area contributed by atoms with Crippen molar-refractivity contribution in [2.45, 2.75) is 32.4 Å². The fourth-order valence-corrected chi connectivity index (χ4v) is 5.63. The summed E-state index contributed by atoms with van der Waals surface area (Å²) in [7, 11) is 0. The third-order valence-electron chi connectivity index (χ3n) is 6.82. The van der Waals surface area contributed by atoms with E-state index in [4.69, 9.17) is 4.74 Å². The number of quaternary nitrogens is 1. The van der Waals surface area contributed by atoms with Crippen molar-refractivity contribution in [2.75, 3.05) is 31.5 Å². The number of rotatable bonds is 7. The molecule has 5 nitrogen and oxygen atoms in total. The van der Waals surface area contributed by atoms with Crippen LogP contribution in [0.4, 0.5) is 10.1 Å². The van der Waals surface area contributed by atoms with Crippen LogP contribution >= 0.6 is 11.3 Å². The second-order valence-electron chi connectivity index (χ2n) is 9.36. The average Bonchev–Trinajstić information content (AvgIpc) is 3.40. The number of carbonyl (C=O) groups excluding carboxylic acids is 2. The van der Waals surface area contributed by atoms with Crippen LogP contribution in [0, 0.1) is 11.7 Å². The number of thiophene rings is 1. The lowest BCUT2D eigenvalue weighted by molar-refractivity contribution is -0.938. The minimum Gasteiger partial charge on any atom is -0.456 e. The third kappa shape index (κ3) is 6.99. The second-order valence-corrected chi connectivity index (χ2v) is 10.3. The van der Waals surface area contributed by atoms with Gasteiger partial charge >= 0.3 is 5.97 Å². The number of ether oxygens (including phenoxy) is 1. The van der Waals surface area contributed by atoms with Crippen molar-refractivity contribution in [1.82, 2.24) is 0 Å². The van der Waals surface area contributed by atoms with Crippen LogP contribution in [0.5, 0.6) is 0 Å². The maximum absolute atomic E-state index is 12.6. The van der Waals surface area contributed by atoms with E-state index in [-0.39, 0.29) is 23.7 Å². The molecule has 35 heavy (non-hydrogen) atoms. The van der Waals surface area contributed by atoms with Crippen LogP contribution in [-0.4, -0.2) is 48.5 Å². The van der Waals surface area contributed by atoms with E-state index in [2.05, 4.69) is 5.32 Å². The molecule has 3 fully saturated rings. The molecule has 3 aliphatic rings. The molecule has 184 valence electrons. The van der Waals surface area contributed by atoms with Gasteiger partial charge in [0.2, 0.25) is 5.78 Å². The molecular weight excluding hydrogens is 463 g/mol. The van der Waals surface area contributed by atoms with Gasteiger partial charge < -0.3 is 14.5 Å². The lowest BCUT2D eigenvalue weighted by atomic mass is 9.83. The highest BCUT2D eigenvalue weighted by atomic mass is 32.1. The Morgan fingerprint density at radius 2 is 1.74 bits per heavy atom. The highest BCUT2D eigenvalue weighted by Gasteiger charge is 2.48. The van der Waals surface area contributed by atoms with Gasteiger partial charge in [0.25, 0.3) is 0 Å². The van der Waals surface area contributed by atoms with Crippen molar-refractivity contribution in [2.24, 2.45) is 5.92 Å². The molecule has 2 bridgehead atoms. The molecule has 1 N–H and O–H groups in total. The summed E-state index contributed by atoms with van der Waals surface area (Å²) in [5, 5.41) is 5.20. The molecule has 1 aromatic heterocycles. The normalized spacial score (nSPS) is 22.6. The molecule has 6 rings (SSSR count). The molecule has 0 radical (unpaired) electrons. The second kappa shape index (κ2) is 11.6. The number of hydrogen-bond acceptors (Lipinski definition) is 5. The van der Waals surface area contributed by atoms with Gasteiger partial charge in [-0.2, -0.15) is 0 Å². The largest absolute Gasteiger partial charge is 0.456 e. The van der Waals surface area contributed by atoms with Crippen molar-refractivity contribution in [3.05, 3.63) is 88.4 Å². The summed E-state index contributed by atoms with van der Waals surface area (Å²) in [6.07, 6.45) is 2.14. The Morgan fingerprint density at radius 1 is 1.03 bits per heavy atom. The van der Waals surface area contributed by atoms with Crippen LogP contribution in [-0.2, 0) is 16.1 Å². The lowest BCUT2D eigenvalue weighted by Crippen LogP contribution is -2.65. The van der Waals surface area contributed by atoms with Gasteiger partial charge in [-0.3, -0.25) is 9.59 Å². The van der Waals surface area contributed by atoms with Gasteiger partial charge in [0.15, 0.2) is 6.10 Å². The number of Topliss-reactive ketones (excluding diaryl/α,β-unsaturated/α-hetero) is 1. The first kappa shape index (κ1) is 25.1. The SMILES string of the molecule is CC(=O)OC1C[N+]2(CC(=O)c3cccs3)CCC1CC2.Fc1ccc(CNc2ccccc2)cc1. The maximum atomic E-state index is 12.6. The zero-order chi connectivity index (χ0) is 24.7. The minimum atomic E-state index is -0.202. The summed E-state index contributed by atoms with van der Waals surface area (Å²) in [6.45, 7) is 5.62. The summed E-state index contributed by atoms with van der Waals surface area (Å²) >= 11 is 1.51. The number of halogens is 1. The van der Waals surface area contributed by atoms with E-state index in [0.717, 1.165) is 53.1 Å². The summed E-state index contributed by atoms with van der Waals surface area (Å²) in [6, 6.07) is 20.3. The van der Waals surface area contributed by atoms with Crippen LogP contribution in [0.1, 0.15) is 35.0 Å². The van der Waals surface area contributed by atoms with Gasteiger partial charge in [0.1, 0.15) is 18.9 Å². The summed E-state index contributed by atoms with van der Waals surface area (Å²) in [5.74, 6) is 0.322. The standard InChI is InChI=1S/C15H20NO3S.C13H12FN/c1-11(17)19-14-10-16(6-4-12(14)5-7-16)9-13(18)15-3-2-8-20-15;14-12-8-6-11(7-9-12)10-15-13-4-2-1-3-5-13/h2-3,8,12,14H,4-7,9-10H2,1H3;1-9,15H,10H2/q+1;. The van der Waals surface area contributed by atoms with E-state index in [1.165, 1.54) is 30.4 Å². The Morgan fingerprint density at radius 3 is 2.37 bits per heavy atom. The van der Waals surface area contributed by atoms with Crippen molar-refractivity contribution < 1.29 is 23.2 Å². The number of fused-ring (bicyclic) bond motifs is 3. The number of ketones is 1. The van der Waals surface area contributed by atoms with Crippen molar-refractivity contribution in [1.29, 1.82) is 0 Å². The summed E-state index contributed by atoms with van der Waals surface area (Å²) < 4.78 is 18.9. The molecule has 3 aliphatic heterocycles. The van der Waals surface area contributed by atoms with Gasteiger partial charge in [-0.05, 0) is 41.3 Å². The molecular formula is C28H32FN2O3S+. The fourth-order valence-electron chi connectivity index (χ4n) is 4.97. The number of esters is 1. The summed E-state index contributed by atoms with van der Waals surface area (Å²) in [5.41, 5.74) is 2.14. The van der Waals surface area contributed by atoms with E-state index < -0.39 is 0 Å². The number of para-hydroxylation sites is 1. The van der Waals surface area contributed by atoms with Crippen LogP contribution in [0.2, 0.25) is 0 Å². The van der Waals surface area contributed by atoms with E-state index in [0.29, 0.717) is 19.0 Å². The number of nitrogens with one attached hydrogen (secondary N) is 1. The van der Waals surface area contributed by atoms with Crippen molar-refractivity contribution >= 4 is 28.8 Å². The monoisotopic (exact) mass is 495 g/mol.